The molecule has 3 heteroatoms. The summed E-state index contributed by atoms with van der Waals surface area (Å²) in [4.78, 5) is 0. The molecule has 17 heavy (non-hydrogen) atoms. The average molecular weight is 237 g/mol. The Bertz CT molecular complexity index is 339. The van der Waals surface area contributed by atoms with Gasteiger partial charge in [0.2, 0.25) is 0 Å². The second kappa shape index (κ2) is 6.80. The molecule has 0 bridgehead atoms. The normalized spacial score (nSPS) is 11.4. The second-order valence-corrected chi connectivity index (χ2v) is 5.12. The predicted octanol–water partition coefficient (Wildman–Crippen LogP) is 3.19. The lowest BCUT2D eigenvalue weighted by molar-refractivity contribution is 0.537. The minimum atomic E-state index is 0.525. The van der Waals surface area contributed by atoms with E-state index in [-0.39, 0.29) is 0 Å². The number of aromatic nitrogens is 2. The van der Waals surface area contributed by atoms with Gasteiger partial charge in [0, 0.05) is 30.4 Å². The van der Waals surface area contributed by atoms with Crippen LogP contribution in [-0.4, -0.2) is 15.8 Å². The molecule has 1 aromatic rings. The molecule has 0 unspecified atom stereocenters. The van der Waals surface area contributed by atoms with E-state index >= 15 is 0 Å². The summed E-state index contributed by atoms with van der Waals surface area (Å²) in [7, 11) is 0. The average Bonchev–Trinajstić information content (AvgIpc) is 2.52. The Morgan fingerprint density at radius 1 is 1.24 bits per heavy atom. The largest absolute Gasteiger partial charge is 0.310 e. The lowest BCUT2D eigenvalue weighted by Crippen LogP contribution is -2.22. The molecule has 1 aromatic heterocycles. The van der Waals surface area contributed by atoms with Crippen LogP contribution in [0, 0.1) is 13.8 Å². The first-order valence-electron chi connectivity index (χ1n) is 6.82. The van der Waals surface area contributed by atoms with Gasteiger partial charge in [-0.25, -0.2) is 0 Å². The summed E-state index contributed by atoms with van der Waals surface area (Å²) in [5.74, 6) is 0. The third-order valence-corrected chi connectivity index (χ3v) is 3.19. The molecular formula is C14H27N3. The lowest BCUT2D eigenvalue weighted by atomic mass is 10.2. The molecule has 1 N–H and O–H groups in total. The van der Waals surface area contributed by atoms with Crippen molar-refractivity contribution < 1.29 is 0 Å². The maximum absolute atomic E-state index is 4.64. The van der Waals surface area contributed by atoms with Gasteiger partial charge in [-0.05, 0) is 20.3 Å². The molecule has 0 saturated carbocycles. The molecule has 0 aliphatic carbocycles. The third kappa shape index (κ3) is 4.15. The fourth-order valence-corrected chi connectivity index (χ4v) is 2.03. The predicted molar refractivity (Wildman–Crippen MR) is 73.2 cm³/mol. The molecular weight excluding hydrogens is 210 g/mol. The van der Waals surface area contributed by atoms with Crippen molar-refractivity contribution in [3.05, 3.63) is 17.0 Å². The summed E-state index contributed by atoms with van der Waals surface area (Å²) in [6.07, 6.45) is 3.79. The molecule has 0 amide bonds. The van der Waals surface area contributed by atoms with E-state index in [0.29, 0.717) is 6.04 Å². The second-order valence-electron chi connectivity index (χ2n) is 5.12. The molecule has 0 radical (unpaired) electrons. The highest BCUT2D eigenvalue weighted by Gasteiger charge is 2.10. The number of unbranched alkanes of at least 4 members (excludes halogenated alkanes) is 2. The van der Waals surface area contributed by atoms with Crippen LogP contribution < -0.4 is 5.32 Å². The van der Waals surface area contributed by atoms with Gasteiger partial charge in [0.1, 0.15) is 0 Å². The summed E-state index contributed by atoms with van der Waals surface area (Å²) >= 11 is 0. The fraction of sp³-hybridized carbons (Fsp3) is 0.786. The van der Waals surface area contributed by atoms with E-state index in [1.807, 2.05) is 0 Å². The number of hydrogen-bond acceptors (Lipinski definition) is 2. The SMILES string of the molecule is CCCCCn1nc(C)c(CNC(C)C)c1C. The van der Waals surface area contributed by atoms with Crippen LogP contribution in [0.3, 0.4) is 0 Å². The number of aryl methyl sites for hydroxylation is 2. The highest BCUT2D eigenvalue weighted by molar-refractivity contribution is 5.24. The van der Waals surface area contributed by atoms with E-state index in [0.717, 1.165) is 13.1 Å². The number of rotatable bonds is 7. The van der Waals surface area contributed by atoms with Crippen LogP contribution in [0.4, 0.5) is 0 Å². The molecule has 0 saturated heterocycles. The summed E-state index contributed by atoms with van der Waals surface area (Å²) in [6.45, 7) is 12.9. The van der Waals surface area contributed by atoms with E-state index in [9.17, 15) is 0 Å². The van der Waals surface area contributed by atoms with Crippen molar-refractivity contribution in [3.8, 4) is 0 Å². The molecule has 0 aromatic carbocycles. The van der Waals surface area contributed by atoms with Gasteiger partial charge in [-0.2, -0.15) is 5.10 Å². The first-order chi connectivity index (χ1) is 8.06. The summed E-state index contributed by atoms with van der Waals surface area (Å²) in [5, 5.41) is 8.11. The molecule has 98 valence electrons. The van der Waals surface area contributed by atoms with Crippen molar-refractivity contribution in [1.29, 1.82) is 0 Å². The fourth-order valence-electron chi connectivity index (χ4n) is 2.03. The van der Waals surface area contributed by atoms with Gasteiger partial charge in [0.25, 0.3) is 0 Å². The zero-order valence-electron chi connectivity index (χ0n) is 12.0. The topological polar surface area (TPSA) is 29.9 Å². The Hall–Kier alpha value is -0.830. The van der Waals surface area contributed by atoms with Gasteiger partial charge in [-0.15, -0.1) is 0 Å². The highest BCUT2D eigenvalue weighted by Crippen LogP contribution is 2.14. The summed E-state index contributed by atoms with van der Waals surface area (Å²) < 4.78 is 2.17. The van der Waals surface area contributed by atoms with E-state index in [4.69, 9.17) is 0 Å². The van der Waals surface area contributed by atoms with Crippen LogP contribution in [0.1, 0.15) is 57.0 Å². The Kier molecular flexibility index (Phi) is 5.69. The first-order valence-corrected chi connectivity index (χ1v) is 6.82. The van der Waals surface area contributed by atoms with Crippen LogP contribution in [0.5, 0.6) is 0 Å². The van der Waals surface area contributed by atoms with E-state index in [1.165, 1.54) is 36.2 Å². The van der Waals surface area contributed by atoms with Crippen LogP contribution in [-0.2, 0) is 13.1 Å². The summed E-state index contributed by atoms with van der Waals surface area (Å²) in [5.41, 5.74) is 3.87. The van der Waals surface area contributed by atoms with E-state index < -0.39 is 0 Å². The van der Waals surface area contributed by atoms with Gasteiger partial charge >= 0.3 is 0 Å². The Balaban J connectivity index is 2.65. The standard InChI is InChI=1S/C14H27N3/c1-6-7-8-9-17-13(5)14(12(4)16-17)10-15-11(2)3/h11,15H,6-10H2,1-5H3. The molecule has 0 spiro atoms. The molecule has 0 aliphatic rings. The van der Waals surface area contributed by atoms with Crippen molar-refractivity contribution in [2.75, 3.05) is 0 Å². The molecule has 3 nitrogen and oxygen atoms in total. The van der Waals surface area contributed by atoms with Gasteiger partial charge in [-0.1, -0.05) is 33.6 Å². The number of hydrogen-bond donors (Lipinski definition) is 1. The quantitative estimate of drug-likeness (QED) is 0.738. The van der Waals surface area contributed by atoms with Crippen molar-refractivity contribution in [2.45, 2.75) is 73.0 Å². The molecule has 1 heterocycles. The maximum Gasteiger partial charge on any atom is 0.0641 e. The number of nitrogens with one attached hydrogen (secondary N) is 1. The number of nitrogens with zero attached hydrogens (tertiary/aromatic N) is 2. The van der Waals surface area contributed by atoms with Crippen molar-refractivity contribution in [3.63, 3.8) is 0 Å². The summed E-state index contributed by atoms with van der Waals surface area (Å²) in [6, 6.07) is 0.525. The zero-order valence-corrected chi connectivity index (χ0v) is 12.0. The maximum atomic E-state index is 4.64. The molecule has 0 atom stereocenters. The van der Waals surface area contributed by atoms with E-state index in [1.54, 1.807) is 0 Å². The van der Waals surface area contributed by atoms with Gasteiger partial charge < -0.3 is 5.32 Å². The Morgan fingerprint density at radius 3 is 2.53 bits per heavy atom. The minimum absolute atomic E-state index is 0.525. The van der Waals surface area contributed by atoms with Crippen LogP contribution in [0.15, 0.2) is 0 Å². The molecule has 0 fully saturated rings. The van der Waals surface area contributed by atoms with Gasteiger partial charge in [0.05, 0.1) is 5.69 Å². The van der Waals surface area contributed by atoms with E-state index in [2.05, 4.69) is 49.7 Å². The Labute approximate surface area is 106 Å². The van der Waals surface area contributed by atoms with Crippen LogP contribution >= 0.6 is 0 Å². The monoisotopic (exact) mass is 237 g/mol. The Morgan fingerprint density at radius 2 is 1.94 bits per heavy atom. The van der Waals surface area contributed by atoms with Crippen molar-refractivity contribution in [2.24, 2.45) is 0 Å². The van der Waals surface area contributed by atoms with Gasteiger partial charge in [-0.3, -0.25) is 4.68 Å². The van der Waals surface area contributed by atoms with Crippen LogP contribution in [0.25, 0.3) is 0 Å². The smallest absolute Gasteiger partial charge is 0.0641 e. The first kappa shape index (κ1) is 14.2. The lowest BCUT2D eigenvalue weighted by Gasteiger charge is -2.09. The molecule has 0 aliphatic heterocycles. The van der Waals surface area contributed by atoms with Gasteiger partial charge in [0.15, 0.2) is 0 Å². The van der Waals surface area contributed by atoms with Crippen LogP contribution in [0.2, 0.25) is 0 Å². The van der Waals surface area contributed by atoms with Crippen molar-refractivity contribution >= 4 is 0 Å². The highest BCUT2D eigenvalue weighted by atomic mass is 15.3. The zero-order chi connectivity index (χ0) is 12.8. The van der Waals surface area contributed by atoms with Crippen molar-refractivity contribution in [1.82, 2.24) is 15.1 Å². The minimum Gasteiger partial charge on any atom is -0.310 e. The molecule has 1 rings (SSSR count). The third-order valence-electron chi connectivity index (χ3n) is 3.19.